The SMILES string of the molecule is C=C/C=C(\C=C/C)c1ccnc(N2C3=C(CCC=C3)c3ccccc3-c3ccccc32)c1. The molecule has 0 fully saturated rings. The Bertz CT molecular complexity index is 1300. The Morgan fingerprint density at radius 1 is 1.00 bits per heavy atom. The molecule has 1 aromatic heterocycles. The molecular formula is C30H26N2. The van der Waals surface area contributed by atoms with Crippen molar-refractivity contribution < 1.29 is 0 Å². The first-order valence-electron chi connectivity index (χ1n) is 11.1. The van der Waals surface area contributed by atoms with Crippen LogP contribution in [0.5, 0.6) is 0 Å². The third-order valence-corrected chi connectivity index (χ3v) is 6.03. The minimum atomic E-state index is 0.918. The maximum absolute atomic E-state index is 4.84. The highest BCUT2D eigenvalue weighted by molar-refractivity contribution is 5.97. The molecular weight excluding hydrogens is 388 g/mol. The molecule has 2 aromatic carbocycles. The zero-order chi connectivity index (χ0) is 21.9. The van der Waals surface area contributed by atoms with Gasteiger partial charge in [-0.3, -0.25) is 4.90 Å². The number of anilines is 2. The van der Waals surface area contributed by atoms with Crippen molar-refractivity contribution in [3.63, 3.8) is 0 Å². The number of aromatic nitrogens is 1. The Morgan fingerprint density at radius 2 is 1.78 bits per heavy atom. The molecule has 0 radical (unpaired) electrons. The summed E-state index contributed by atoms with van der Waals surface area (Å²) >= 11 is 0. The molecule has 2 nitrogen and oxygen atoms in total. The maximum Gasteiger partial charge on any atom is 0.138 e. The van der Waals surface area contributed by atoms with Crippen LogP contribution in [-0.4, -0.2) is 4.98 Å². The standard InChI is InChI=1S/C30H26N2/c1-3-11-22(12-4-2)23-19-20-31-30(21-23)32-28-17-9-7-15-26(28)24-13-5-6-14-25(24)27-16-8-10-18-29(27)32/h3-7,9-15,17-21H,1,8,16H2,2H3/b12-4-,22-11+. The molecule has 1 aliphatic heterocycles. The Kier molecular flexibility index (Phi) is 5.43. The number of allylic oxidation sites excluding steroid dienone is 8. The highest BCUT2D eigenvalue weighted by Crippen LogP contribution is 2.47. The zero-order valence-electron chi connectivity index (χ0n) is 18.3. The van der Waals surface area contributed by atoms with Crippen molar-refractivity contribution in [1.82, 2.24) is 4.98 Å². The van der Waals surface area contributed by atoms with Crippen molar-refractivity contribution in [2.75, 3.05) is 4.90 Å². The summed E-state index contributed by atoms with van der Waals surface area (Å²) in [6, 6.07) is 21.6. The van der Waals surface area contributed by atoms with Gasteiger partial charge < -0.3 is 0 Å². The predicted molar refractivity (Wildman–Crippen MR) is 137 cm³/mol. The number of benzene rings is 2. The van der Waals surface area contributed by atoms with E-state index in [2.05, 4.69) is 96.4 Å². The number of pyridine rings is 1. The molecule has 0 saturated carbocycles. The van der Waals surface area contributed by atoms with Crippen LogP contribution >= 0.6 is 0 Å². The van der Waals surface area contributed by atoms with E-state index in [1.807, 2.05) is 25.3 Å². The normalized spacial score (nSPS) is 15.3. The number of fused-ring (bicyclic) bond motifs is 4. The zero-order valence-corrected chi connectivity index (χ0v) is 18.3. The van der Waals surface area contributed by atoms with Gasteiger partial charge in [0.15, 0.2) is 0 Å². The monoisotopic (exact) mass is 414 g/mol. The molecule has 2 aliphatic rings. The van der Waals surface area contributed by atoms with E-state index in [-0.39, 0.29) is 0 Å². The van der Waals surface area contributed by atoms with Crippen molar-refractivity contribution in [3.8, 4) is 11.1 Å². The Balaban J connectivity index is 1.78. The van der Waals surface area contributed by atoms with Crippen LogP contribution in [0, 0.1) is 0 Å². The molecule has 5 rings (SSSR count). The Labute approximate surface area is 190 Å². The lowest BCUT2D eigenvalue weighted by atomic mass is 9.90. The summed E-state index contributed by atoms with van der Waals surface area (Å²) in [5.74, 6) is 0.918. The van der Waals surface area contributed by atoms with Gasteiger partial charge in [-0.15, -0.1) is 0 Å². The first-order chi connectivity index (χ1) is 15.8. The van der Waals surface area contributed by atoms with E-state index in [0.29, 0.717) is 0 Å². The van der Waals surface area contributed by atoms with Crippen molar-refractivity contribution in [2.24, 2.45) is 0 Å². The number of hydrogen-bond acceptors (Lipinski definition) is 2. The third kappa shape index (κ3) is 3.44. The molecule has 32 heavy (non-hydrogen) atoms. The molecule has 0 spiro atoms. The summed E-state index contributed by atoms with van der Waals surface area (Å²) in [4.78, 5) is 7.17. The molecule has 0 unspecified atom stereocenters. The molecule has 0 amide bonds. The minimum absolute atomic E-state index is 0.918. The fraction of sp³-hybridized carbons (Fsp3) is 0.100. The minimum Gasteiger partial charge on any atom is -0.294 e. The van der Waals surface area contributed by atoms with Crippen LogP contribution in [0.2, 0.25) is 0 Å². The molecule has 0 N–H and O–H groups in total. The van der Waals surface area contributed by atoms with Gasteiger partial charge in [0.05, 0.1) is 11.4 Å². The van der Waals surface area contributed by atoms with Gasteiger partial charge in [0, 0.05) is 11.8 Å². The van der Waals surface area contributed by atoms with Gasteiger partial charge in [-0.05, 0) is 71.9 Å². The number of rotatable bonds is 4. The maximum atomic E-state index is 4.84. The highest BCUT2D eigenvalue weighted by atomic mass is 15.2. The lowest BCUT2D eigenvalue weighted by molar-refractivity contribution is 1.01. The fourth-order valence-corrected chi connectivity index (χ4v) is 4.66. The van der Waals surface area contributed by atoms with Crippen LogP contribution in [0.3, 0.4) is 0 Å². The van der Waals surface area contributed by atoms with Crippen LogP contribution in [0.25, 0.3) is 22.3 Å². The van der Waals surface area contributed by atoms with Gasteiger partial charge in [-0.25, -0.2) is 4.98 Å². The Hall–Kier alpha value is -3.91. The topological polar surface area (TPSA) is 16.1 Å². The van der Waals surface area contributed by atoms with Crippen LogP contribution in [-0.2, 0) is 0 Å². The van der Waals surface area contributed by atoms with Crippen LogP contribution in [0.4, 0.5) is 11.5 Å². The summed E-state index contributed by atoms with van der Waals surface area (Å²) in [6.07, 6.45) is 16.5. The van der Waals surface area contributed by atoms with Gasteiger partial charge >= 0.3 is 0 Å². The summed E-state index contributed by atoms with van der Waals surface area (Å²) in [6.45, 7) is 5.92. The van der Waals surface area contributed by atoms with Crippen LogP contribution in [0.1, 0.15) is 30.9 Å². The lowest BCUT2D eigenvalue weighted by Gasteiger charge is -2.29. The van der Waals surface area contributed by atoms with Gasteiger partial charge in [-0.2, -0.15) is 0 Å². The third-order valence-electron chi connectivity index (χ3n) is 6.03. The predicted octanol–water partition coefficient (Wildman–Crippen LogP) is 8.11. The van der Waals surface area contributed by atoms with E-state index >= 15 is 0 Å². The molecule has 0 bridgehead atoms. The van der Waals surface area contributed by atoms with E-state index in [4.69, 9.17) is 4.98 Å². The molecule has 156 valence electrons. The van der Waals surface area contributed by atoms with Crippen molar-refractivity contribution in [3.05, 3.63) is 127 Å². The number of nitrogens with zero attached hydrogens (tertiary/aromatic N) is 2. The molecule has 1 aliphatic carbocycles. The lowest BCUT2D eigenvalue weighted by Crippen LogP contribution is -2.18. The smallest absolute Gasteiger partial charge is 0.138 e. The average Bonchev–Trinajstić information content (AvgIpc) is 2.97. The second-order valence-corrected chi connectivity index (χ2v) is 7.96. The largest absolute Gasteiger partial charge is 0.294 e. The first-order valence-corrected chi connectivity index (χ1v) is 11.1. The Morgan fingerprint density at radius 3 is 2.59 bits per heavy atom. The quantitative estimate of drug-likeness (QED) is 0.401. The highest BCUT2D eigenvalue weighted by Gasteiger charge is 2.28. The molecule has 2 heteroatoms. The summed E-state index contributed by atoms with van der Waals surface area (Å²) in [5.41, 5.74) is 9.81. The molecule has 0 saturated heterocycles. The van der Waals surface area contributed by atoms with E-state index in [9.17, 15) is 0 Å². The summed E-state index contributed by atoms with van der Waals surface area (Å²) < 4.78 is 0. The van der Waals surface area contributed by atoms with E-state index < -0.39 is 0 Å². The first kappa shape index (κ1) is 20.0. The fourth-order valence-electron chi connectivity index (χ4n) is 4.66. The second kappa shape index (κ2) is 8.68. The van der Waals surface area contributed by atoms with Crippen molar-refractivity contribution in [2.45, 2.75) is 19.8 Å². The van der Waals surface area contributed by atoms with Gasteiger partial charge in [-0.1, -0.05) is 79.4 Å². The van der Waals surface area contributed by atoms with Crippen molar-refractivity contribution >= 4 is 22.7 Å². The van der Waals surface area contributed by atoms with Gasteiger partial charge in [0.1, 0.15) is 5.82 Å². The van der Waals surface area contributed by atoms with Crippen LogP contribution in [0.15, 0.2) is 116 Å². The molecule has 0 atom stereocenters. The number of para-hydroxylation sites is 1. The molecule has 2 heterocycles. The van der Waals surface area contributed by atoms with Crippen molar-refractivity contribution in [1.29, 1.82) is 0 Å². The van der Waals surface area contributed by atoms with Crippen LogP contribution < -0.4 is 4.90 Å². The number of hydrogen-bond donors (Lipinski definition) is 0. The molecule has 3 aromatic rings. The van der Waals surface area contributed by atoms with E-state index in [1.165, 1.54) is 28.0 Å². The van der Waals surface area contributed by atoms with E-state index in [0.717, 1.165) is 35.5 Å². The van der Waals surface area contributed by atoms with Gasteiger partial charge in [0.2, 0.25) is 0 Å². The second-order valence-electron chi connectivity index (χ2n) is 7.96. The summed E-state index contributed by atoms with van der Waals surface area (Å²) in [7, 11) is 0. The average molecular weight is 415 g/mol. The summed E-state index contributed by atoms with van der Waals surface area (Å²) in [5, 5.41) is 0. The van der Waals surface area contributed by atoms with E-state index in [1.54, 1.807) is 0 Å². The van der Waals surface area contributed by atoms with Gasteiger partial charge in [0.25, 0.3) is 0 Å².